The number of hydrogen-bond acceptors (Lipinski definition) is 4. The summed E-state index contributed by atoms with van der Waals surface area (Å²) in [6.45, 7) is 10.4. The van der Waals surface area contributed by atoms with Crippen molar-refractivity contribution < 1.29 is 0 Å². The SMILES string of the molecule is CCCNc1nc(-c2cncn2CCC)nc(CC)c1C. The quantitative estimate of drug-likeness (QED) is 0.847. The lowest BCUT2D eigenvalue weighted by atomic mass is 10.2. The maximum absolute atomic E-state index is 4.73. The van der Waals surface area contributed by atoms with E-state index in [4.69, 9.17) is 9.97 Å². The minimum Gasteiger partial charge on any atom is -0.370 e. The number of nitrogens with one attached hydrogen (secondary N) is 1. The third kappa shape index (κ3) is 3.40. The van der Waals surface area contributed by atoms with Crippen molar-refractivity contribution in [3.05, 3.63) is 23.8 Å². The van der Waals surface area contributed by atoms with Gasteiger partial charge in [-0.25, -0.2) is 15.0 Å². The van der Waals surface area contributed by atoms with Crippen molar-refractivity contribution in [3.8, 4) is 11.5 Å². The fourth-order valence-electron chi connectivity index (χ4n) is 2.36. The van der Waals surface area contributed by atoms with E-state index in [9.17, 15) is 0 Å². The molecule has 0 fully saturated rings. The Bertz CT molecular complexity index is 588. The van der Waals surface area contributed by atoms with Crippen LogP contribution in [-0.2, 0) is 13.0 Å². The summed E-state index contributed by atoms with van der Waals surface area (Å²) >= 11 is 0. The average Bonchev–Trinajstić information content (AvgIpc) is 2.95. The van der Waals surface area contributed by atoms with Crippen molar-refractivity contribution in [2.75, 3.05) is 11.9 Å². The first kappa shape index (κ1) is 15.5. The van der Waals surface area contributed by atoms with E-state index in [0.717, 1.165) is 60.9 Å². The Kier molecular flexibility index (Phi) is 5.31. The van der Waals surface area contributed by atoms with Crippen LogP contribution in [0, 0.1) is 6.92 Å². The van der Waals surface area contributed by atoms with Crippen LogP contribution in [0.2, 0.25) is 0 Å². The standard InChI is InChI=1S/C16H25N5/c1-5-8-18-15-12(4)13(7-3)19-16(20-15)14-10-17-11-21(14)9-6-2/h10-11H,5-9H2,1-4H3,(H,18,19,20). The van der Waals surface area contributed by atoms with Gasteiger partial charge in [0.1, 0.15) is 11.5 Å². The van der Waals surface area contributed by atoms with Gasteiger partial charge < -0.3 is 9.88 Å². The fourth-order valence-corrected chi connectivity index (χ4v) is 2.36. The van der Waals surface area contributed by atoms with Crippen LogP contribution in [0.3, 0.4) is 0 Å². The molecule has 0 aromatic carbocycles. The molecule has 0 aliphatic heterocycles. The molecule has 0 spiro atoms. The normalized spacial score (nSPS) is 10.9. The van der Waals surface area contributed by atoms with E-state index in [1.165, 1.54) is 0 Å². The van der Waals surface area contributed by atoms with Gasteiger partial charge in [-0.15, -0.1) is 0 Å². The molecule has 2 rings (SSSR count). The van der Waals surface area contributed by atoms with Gasteiger partial charge in [0.2, 0.25) is 0 Å². The molecule has 2 aromatic rings. The molecule has 0 aliphatic carbocycles. The minimum absolute atomic E-state index is 0.766. The number of anilines is 1. The van der Waals surface area contributed by atoms with E-state index >= 15 is 0 Å². The van der Waals surface area contributed by atoms with Crippen LogP contribution in [0.4, 0.5) is 5.82 Å². The Balaban J connectivity index is 2.45. The summed E-state index contributed by atoms with van der Waals surface area (Å²) in [6.07, 6.45) is 6.76. The summed E-state index contributed by atoms with van der Waals surface area (Å²) in [5.41, 5.74) is 3.24. The topological polar surface area (TPSA) is 55.6 Å². The van der Waals surface area contributed by atoms with Gasteiger partial charge in [-0.05, 0) is 26.2 Å². The third-order valence-corrected chi connectivity index (χ3v) is 3.53. The highest BCUT2D eigenvalue weighted by Gasteiger charge is 2.13. The lowest BCUT2D eigenvalue weighted by Crippen LogP contribution is -2.10. The molecule has 5 heteroatoms. The van der Waals surface area contributed by atoms with Crippen molar-refractivity contribution in [1.29, 1.82) is 0 Å². The molecule has 114 valence electrons. The number of aryl methyl sites for hydroxylation is 2. The average molecular weight is 287 g/mol. The van der Waals surface area contributed by atoms with Gasteiger partial charge in [0, 0.05) is 24.3 Å². The minimum atomic E-state index is 0.766. The molecule has 0 amide bonds. The van der Waals surface area contributed by atoms with Gasteiger partial charge in [0.15, 0.2) is 5.82 Å². The van der Waals surface area contributed by atoms with Crippen LogP contribution in [-0.4, -0.2) is 26.1 Å². The third-order valence-electron chi connectivity index (χ3n) is 3.53. The van der Waals surface area contributed by atoms with Crippen LogP contribution in [0.25, 0.3) is 11.5 Å². The number of nitrogens with zero attached hydrogens (tertiary/aromatic N) is 4. The first-order valence-electron chi connectivity index (χ1n) is 7.83. The summed E-state index contributed by atoms with van der Waals surface area (Å²) in [4.78, 5) is 13.7. The van der Waals surface area contributed by atoms with Crippen LogP contribution in [0.15, 0.2) is 12.5 Å². The van der Waals surface area contributed by atoms with E-state index in [0.29, 0.717) is 0 Å². The van der Waals surface area contributed by atoms with Crippen molar-refractivity contribution in [1.82, 2.24) is 19.5 Å². The van der Waals surface area contributed by atoms with Gasteiger partial charge in [0.25, 0.3) is 0 Å². The molecule has 1 N–H and O–H groups in total. The molecule has 2 aromatic heterocycles. The van der Waals surface area contributed by atoms with E-state index in [1.54, 1.807) is 0 Å². The van der Waals surface area contributed by atoms with Crippen LogP contribution >= 0.6 is 0 Å². The Morgan fingerprint density at radius 2 is 1.95 bits per heavy atom. The lowest BCUT2D eigenvalue weighted by molar-refractivity contribution is 0.681. The van der Waals surface area contributed by atoms with Crippen molar-refractivity contribution in [3.63, 3.8) is 0 Å². The van der Waals surface area contributed by atoms with Crippen LogP contribution in [0.5, 0.6) is 0 Å². The second kappa shape index (κ2) is 7.20. The number of hydrogen-bond donors (Lipinski definition) is 1. The predicted molar refractivity (Wildman–Crippen MR) is 86.4 cm³/mol. The van der Waals surface area contributed by atoms with Crippen LogP contribution < -0.4 is 5.32 Å². The van der Waals surface area contributed by atoms with Gasteiger partial charge >= 0.3 is 0 Å². The van der Waals surface area contributed by atoms with E-state index in [1.807, 2.05) is 12.5 Å². The fraction of sp³-hybridized carbons (Fsp3) is 0.562. The molecule has 5 nitrogen and oxygen atoms in total. The zero-order valence-electron chi connectivity index (χ0n) is 13.5. The summed E-state index contributed by atoms with van der Waals surface area (Å²) in [6, 6.07) is 0. The maximum Gasteiger partial charge on any atom is 0.180 e. The molecule has 2 heterocycles. The van der Waals surface area contributed by atoms with Gasteiger partial charge in [-0.1, -0.05) is 20.8 Å². The number of aromatic nitrogens is 4. The molecule has 0 atom stereocenters. The molecule has 0 unspecified atom stereocenters. The second-order valence-corrected chi connectivity index (χ2v) is 5.22. The highest BCUT2D eigenvalue weighted by Crippen LogP contribution is 2.22. The molecule has 0 saturated carbocycles. The Morgan fingerprint density at radius 3 is 2.62 bits per heavy atom. The maximum atomic E-state index is 4.73. The summed E-state index contributed by atoms with van der Waals surface area (Å²) < 4.78 is 2.12. The summed E-state index contributed by atoms with van der Waals surface area (Å²) in [5, 5.41) is 3.41. The Morgan fingerprint density at radius 1 is 1.14 bits per heavy atom. The molecular formula is C16H25N5. The second-order valence-electron chi connectivity index (χ2n) is 5.22. The molecule has 0 bridgehead atoms. The first-order valence-corrected chi connectivity index (χ1v) is 7.83. The molecule has 0 saturated heterocycles. The Hall–Kier alpha value is -1.91. The smallest absolute Gasteiger partial charge is 0.180 e. The van der Waals surface area contributed by atoms with E-state index < -0.39 is 0 Å². The number of imidazole rings is 1. The Labute approximate surface area is 126 Å². The highest BCUT2D eigenvalue weighted by atomic mass is 15.1. The van der Waals surface area contributed by atoms with Crippen LogP contribution in [0.1, 0.15) is 44.9 Å². The highest BCUT2D eigenvalue weighted by molar-refractivity contribution is 5.56. The first-order chi connectivity index (χ1) is 10.2. The van der Waals surface area contributed by atoms with E-state index in [-0.39, 0.29) is 0 Å². The van der Waals surface area contributed by atoms with Crippen molar-refractivity contribution >= 4 is 5.82 Å². The zero-order valence-corrected chi connectivity index (χ0v) is 13.5. The summed E-state index contributed by atoms with van der Waals surface area (Å²) in [5.74, 6) is 1.71. The van der Waals surface area contributed by atoms with E-state index in [2.05, 4.69) is 42.6 Å². The molecular weight excluding hydrogens is 262 g/mol. The van der Waals surface area contributed by atoms with Gasteiger partial charge in [-0.3, -0.25) is 0 Å². The lowest BCUT2D eigenvalue weighted by Gasteiger charge is -2.13. The summed E-state index contributed by atoms with van der Waals surface area (Å²) in [7, 11) is 0. The largest absolute Gasteiger partial charge is 0.370 e. The van der Waals surface area contributed by atoms with Crippen molar-refractivity contribution in [2.45, 2.75) is 53.5 Å². The molecule has 0 aliphatic rings. The zero-order chi connectivity index (χ0) is 15.2. The monoisotopic (exact) mass is 287 g/mol. The molecule has 21 heavy (non-hydrogen) atoms. The predicted octanol–water partition coefficient (Wildman–Crippen LogP) is 3.44. The number of rotatable bonds is 7. The van der Waals surface area contributed by atoms with Crippen molar-refractivity contribution in [2.24, 2.45) is 0 Å². The molecule has 0 radical (unpaired) electrons. The van der Waals surface area contributed by atoms with Gasteiger partial charge in [-0.2, -0.15) is 0 Å². The van der Waals surface area contributed by atoms with Gasteiger partial charge in [0.05, 0.1) is 12.5 Å².